The minimum Gasteiger partial charge on any atom is -0.490 e. The Bertz CT molecular complexity index is 1100. The standard InChI is InChI=1S/C19H15Cl2N3O2S/c20-13-8-16(21)18-22-23-19(24(18)9-13)27-11-14(25)10-26-17-7-3-5-12-4-1-2-6-15(12)17/h1-9,14,25H,10-11H2. The lowest BCUT2D eigenvalue weighted by molar-refractivity contribution is 0.127. The molecule has 5 nitrogen and oxygen atoms in total. The summed E-state index contributed by atoms with van der Waals surface area (Å²) >= 11 is 13.5. The summed E-state index contributed by atoms with van der Waals surface area (Å²) in [6, 6.07) is 15.5. The number of aliphatic hydroxyl groups excluding tert-OH is 1. The molecule has 4 aromatic rings. The normalized spacial score (nSPS) is 12.6. The predicted molar refractivity (Wildman–Crippen MR) is 109 cm³/mol. The second-order valence-corrected chi connectivity index (χ2v) is 7.77. The predicted octanol–water partition coefficient (Wildman–Crippen LogP) is 4.72. The zero-order valence-electron chi connectivity index (χ0n) is 14.0. The van der Waals surface area contributed by atoms with Crippen LogP contribution in [-0.4, -0.2) is 38.2 Å². The van der Waals surface area contributed by atoms with Gasteiger partial charge in [-0.25, -0.2) is 0 Å². The molecule has 0 saturated heterocycles. The summed E-state index contributed by atoms with van der Waals surface area (Å²) in [7, 11) is 0. The molecule has 0 aliphatic carbocycles. The average Bonchev–Trinajstić information content (AvgIpc) is 3.07. The first-order valence-electron chi connectivity index (χ1n) is 8.23. The largest absolute Gasteiger partial charge is 0.490 e. The Morgan fingerprint density at radius 2 is 1.93 bits per heavy atom. The number of benzene rings is 2. The number of pyridine rings is 1. The average molecular weight is 420 g/mol. The van der Waals surface area contributed by atoms with Gasteiger partial charge in [-0.3, -0.25) is 4.40 Å². The third-order valence-electron chi connectivity index (χ3n) is 3.98. The van der Waals surface area contributed by atoms with Crippen LogP contribution in [0.1, 0.15) is 0 Å². The molecule has 2 aromatic carbocycles. The van der Waals surface area contributed by atoms with Gasteiger partial charge in [0.25, 0.3) is 0 Å². The molecular weight excluding hydrogens is 405 g/mol. The van der Waals surface area contributed by atoms with E-state index < -0.39 is 6.10 Å². The van der Waals surface area contributed by atoms with E-state index in [0.29, 0.717) is 26.6 Å². The maximum atomic E-state index is 10.3. The lowest BCUT2D eigenvalue weighted by Crippen LogP contribution is -2.20. The molecule has 0 spiro atoms. The fourth-order valence-electron chi connectivity index (χ4n) is 2.73. The van der Waals surface area contributed by atoms with Crippen molar-refractivity contribution < 1.29 is 9.84 Å². The molecule has 1 unspecified atom stereocenters. The first-order valence-corrected chi connectivity index (χ1v) is 9.97. The highest BCUT2D eigenvalue weighted by Crippen LogP contribution is 2.27. The Labute approximate surface area is 169 Å². The molecule has 0 aliphatic rings. The van der Waals surface area contributed by atoms with Crippen LogP contribution in [0.15, 0.2) is 59.9 Å². The molecule has 1 N–H and O–H groups in total. The van der Waals surface area contributed by atoms with Gasteiger partial charge < -0.3 is 9.84 Å². The molecule has 0 amide bonds. The molecule has 0 saturated carbocycles. The highest BCUT2D eigenvalue weighted by molar-refractivity contribution is 7.99. The SMILES string of the molecule is OC(COc1cccc2ccccc12)CSc1nnc2c(Cl)cc(Cl)cn12. The van der Waals surface area contributed by atoms with Crippen LogP contribution < -0.4 is 4.74 Å². The Morgan fingerprint density at radius 3 is 2.81 bits per heavy atom. The van der Waals surface area contributed by atoms with Crippen LogP contribution in [0, 0.1) is 0 Å². The molecule has 8 heteroatoms. The highest BCUT2D eigenvalue weighted by Gasteiger charge is 2.13. The maximum absolute atomic E-state index is 10.3. The van der Waals surface area contributed by atoms with E-state index in [-0.39, 0.29) is 6.61 Å². The topological polar surface area (TPSA) is 59.7 Å². The van der Waals surface area contributed by atoms with E-state index in [0.717, 1.165) is 16.5 Å². The van der Waals surface area contributed by atoms with Gasteiger partial charge in [-0.15, -0.1) is 10.2 Å². The van der Waals surface area contributed by atoms with E-state index in [4.69, 9.17) is 27.9 Å². The molecule has 27 heavy (non-hydrogen) atoms. The van der Waals surface area contributed by atoms with Crippen molar-refractivity contribution in [2.45, 2.75) is 11.3 Å². The van der Waals surface area contributed by atoms with E-state index in [1.807, 2.05) is 42.5 Å². The number of halogens is 2. The van der Waals surface area contributed by atoms with Gasteiger partial charge in [-0.05, 0) is 17.5 Å². The van der Waals surface area contributed by atoms with Crippen molar-refractivity contribution in [2.75, 3.05) is 12.4 Å². The Hall–Kier alpha value is -1.99. The van der Waals surface area contributed by atoms with E-state index in [9.17, 15) is 5.11 Å². The molecular formula is C19H15Cl2N3O2S. The summed E-state index contributed by atoms with van der Waals surface area (Å²) in [5.41, 5.74) is 0.532. The molecule has 138 valence electrons. The van der Waals surface area contributed by atoms with Gasteiger partial charge in [0.1, 0.15) is 12.4 Å². The zero-order valence-corrected chi connectivity index (χ0v) is 16.4. The first-order chi connectivity index (χ1) is 13.1. The van der Waals surface area contributed by atoms with Crippen molar-refractivity contribution in [2.24, 2.45) is 0 Å². The Balaban J connectivity index is 1.41. The van der Waals surface area contributed by atoms with Gasteiger partial charge in [0, 0.05) is 17.3 Å². The molecule has 0 fully saturated rings. The van der Waals surface area contributed by atoms with Gasteiger partial charge in [0.15, 0.2) is 10.8 Å². The highest BCUT2D eigenvalue weighted by atomic mass is 35.5. The van der Waals surface area contributed by atoms with Gasteiger partial charge in [0.05, 0.1) is 16.1 Å². The van der Waals surface area contributed by atoms with Crippen LogP contribution in [0.2, 0.25) is 10.0 Å². The van der Waals surface area contributed by atoms with Gasteiger partial charge in [0.2, 0.25) is 0 Å². The number of aromatic nitrogens is 3. The first kappa shape index (κ1) is 18.4. The summed E-state index contributed by atoms with van der Waals surface area (Å²) in [6.45, 7) is 0.180. The molecule has 1 atom stereocenters. The van der Waals surface area contributed by atoms with Gasteiger partial charge in [-0.2, -0.15) is 0 Å². The lowest BCUT2D eigenvalue weighted by Gasteiger charge is -2.13. The number of fused-ring (bicyclic) bond motifs is 2. The van der Waals surface area contributed by atoms with Crippen LogP contribution >= 0.6 is 35.0 Å². The molecule has 2 aromatic heterocycles. The van der Waals surface area contributed by atoms with Crippen molar-refractivity contribution >= 4 is 51.4 Å². The minimum atomic E-state index is -0.670. The molecule has 2 heterocycles. The zero-order chi connectivity index (χ0) is 18.8. The molecule has 0 aliphatic heterocycles. The third-order valence-corrected chi connectivity index (χ3v) is 5.55. The quantitative estimate of drug-likeness (QED) is 0.458. The van der Waals surface area contributed by atoms with Crippen LogP contribution in [0.3, 0.4) is 0 Å². The molecule has 4 rings (SSSR count). The number of nitrogens with zero attached hydrogens (tertiary/aromatic N) is 3. The van der Waals surface area contributed by atoms with Crippen molar-refractivity contribution in [1.82, 2.24) is 14.6 Å². The smallest absolute Gasteiger partial charge is 0.195 e. The number of rotatable bonds is 6. The number of hydrogen-bond acceptors (Lipinski definition) is 5. The van der Waals surface area contributed by atoms with Crippen LogP contribution in [0.25, 0.3) is 16.4 Å². The van der Waals surface area contributed by atoms with Crippen LogP contribution in [0.4, 0.5) is 0 Å². The monoisotopic (exact) mass is 419 g/mol. The fraction of sp³-hybridized carbons (Fsp3) is 0.158. The van der Waals surface area contributed by atoms with Crippen molar-refractivity contribution in [1.29, 1.82) is 0 Å². The summed E-state index contributed by atoms with van der Waals surface area (Å²) in [5, 5.41) is 22.1. The van der Waals surface area contributed by atoms with Crippen molar-refractivity contribution in [3.05, 3.63) is 64.8 Å². The Morgan fingerprint density at radius 1 is 1.11 bits per heavy atom. The van der Waals surface area contributed by atoms with Crippen LogP contribution in [0.5, 0.6) is 5.75 Å². The number of thioether (sulfide) groups is 1. The van der Waals surface area contributed by atoms with Crippen LogP contribution in [-0.2, 0) is 0 Å². The van der Waals surface area contributed by atoms with E-state index in [1.54, 1.807) is 16.7 Å². The van der Waals surface area contributed by atoms with Gasteiger partial charge >= 0.3 is 0 Å². The van der Waals surface area contributed by atoms with E-state index in [2.05, 4.69) is 10.2 Å². The number of aliphatic hydroxyl groups is 1. The molecule has 0 radical (unpaired) electrons. The van der Waals surface area contributed by atoms with Gasteiger partial charge in [-0.1, -0.05) is 71.4 Å². The number of hydrogen-bond donors (Lipinski definition) is 1. The molecule has 0 bridgehead atoms. The summed E-state index contributed by atoms with van der Waals surface area (Å²) in [5.74, 6) is 1.15. The van der Waals surface area contributed by atoms with E-state index in [1.165, 1.54) is 11.8 Å². The summed E-state index contributed by atoms with van der Waals surface area (Å²) < 4.78 is 7.54. The third kappa shape index (κ3) is 3.99. The lowest BCUT2D eigenvalue weighted by atomic mass is 10.1. The van der Waals surface area contributed by atoms with E-state index >= 15 is 0 Å². The van der Waals surface area contributed by atoms with Crippen molar-refractivity contribution in [3.8, 4) is 5.75 Å². The summed E-state index contributed by atoms with van der Waals surface area (Å²) in [6.07, 6.45) is 1.03. The minimum absolute atomic E-state index is 0.180. The summed E-state index contributed by atoms with van der Waals surface area (Å²) in [4.78, 5) is 0. The number of ether oxygens (including phenoxy) is 1. The fourth-order valence-corrected chi connectivity index (χ4v) is 4.05. The van der Waals surface area contributed by atoms with Crippen molar-refractivity contribution in [3.63, 3.8) is 0 Å². The maximum Gasteiger partial charge on any atom is 0.195 e. The Kier molecular flexibility index (Phi) is 5.41. The second-order valence-electron chi connectivity index (χ2n) is 5.94. The second kappa shape index (κ2) is 7.94.